The summed E-state index contributed by atoms with van der Waals surface area (Å²) in [6.07, 6.45) is 4.37. The Kier molecular flexibility index (Phi) is 5.91. The summed E-state index contributed by atoms with van der Waals surface area (Å²) in [6, 6.07) is 2.83. The first-order valence-electron chi connectivity index (χ1n) is 9.68. The summed E-state index contributed by atoms with van der Waals surface area (Å²) in [5.41, 5.74) is 0.472. The number of nitrogens with zero attached hydrogens (tertiary/aromatic N) is 4. The molecule has 2 aliphatic heterocycles. The second kappa shape index (κ2) is 8.51. The van der Waals surface area contributed by atoms with Gasteiger partial charge in [-0.25, -0.2) is 19.1 Å². The van der Waals surface area contributed by atoms with Gasteiger partial charge in [0.05, 0.1) is 0 Å². The Hall–Kier alpha value is -2.99. The number of carboxylic acid groups (broad SMARTS) is 1. The molecule has 1 saturated heterocycles. The fourth-order valence-corrected chi connectivity index (χ4v) is 5.22. The highest BCUT2D eigenvalue weighted by Crippen LogP contribution is 2.41. The fraction of sp³-hybridized carbons (Fsp3) is 0.350. The average molecular weight is 476 g/mol. The number of imidazole rings is 1. The van der Waals surface area contributed by atoms with E-state index in [4.69, 9.17) is 4.74 Å². The van der Waals surface area contributed by atoms with Crippen LogP contribution in [0.1, 0.15) is 20.8 Å². The molecule has 2 aromatic rings. The Bertz CT molecular complexity index is 1150. The number of carbonyl (C=O) groups excluding carboxylic acids is 2. The molecule has 2 aliphatic rings. The highest BCUT2D eigenvalue weighted by Gasteiger charge is 2.54. The van der Waals surface area contributed by atoms with Gasteiger partial charge in [0.1, 0.15) is 27.7 Å². The molecule has 10 nitrogen and oxygen atoms in total. The van der Waals surface area contributed by atoms with Crippen molar-refractivity contribution in [1.29, 1.82) is 0 Å². The molecule has 0 aromatic carbocycles. The van der Waals surface area contributed by atoms with Crippen molar-refractivity contribution in [2.75, 3.05) is 5.75 Å². The molecule has 4 rings (SSSR count). The highest BCUT2D eigenvalue weighted by molar-refractivity contribution is 8.02. The van der Waals surface area contributed by atoms with Crippen molar-refractivity contribution >= 4 is 47.1 Å². The van der Waals surface area contributed by atoms with Crippen LogP contribution in [0.15, 0.2) is 52.3 Å². The molecule has 2 N–H and O–H groups in total. The monoisotopic (exact) mass is 475 g/mol. The molecule has 0 bridgehead atoms. The highest BCUT2D eigenvalue weighted by atomic mass is 32.2. The van der Waals surface area contributed by atoms with Crippen LogP contribution >= 0.6 is 23.5 Å². The minimum absolute atomic E-state index is 0.0733. The number of amides is 2. The van der Waals surface area contributed by atoms with Crippen LogP contribution in [0, 0.1) is 0 Å². The average Bonchev–Trinajstić information content (AvgIpc) is 3.18. The lowest BCUT2D eigenvalue weighted by molar-refractivity contribution is -0.149. The zero-order valence-electron chi connectivity index (χ0n) is 17.5. The molecule has 12 heteroatoms. The molecule has 168 valence electrons. The molecule has 0 saturated carbocycles. The lowest BCUT2D eigenvalue weighted by Gasteiger charge is -2.49. The number of aromatic nitrogens is 3. The maximum Gasteiger partial charge on any atom is 0.408 e. The van der Waals surface area contributed by atoms with Gasteiger partial charge < -0.3 is 15.2 Å². The van der Waals surface area contributed by atoms with E-state index < -0.39 is 35.0 Å². The van der Waals surface area contributed by atoms with E-state index >= 15 is 0 Å². The van der Waals surface area contributed by atoms with Crippen molar-refractivity contribution < 1.29 is 24.2 Å². The van der Waals surface area contributed by atoms with E-state index in [1.54, 1.807) is 49.2 Å². The molecule has 2 atom stereocenters. The zero-order chi connectivity index (χ0) is 23.0. The summed E-state index contributed by atoms with van der Waals surface area (Å²) < 4.78 is 6.85. The third kappa shape index (κ3) is 4.46. The van der Waals surface area contributed by atoms with E-state index in [9.17, 15) is 19.5 Å². The summed E-state index contributed by atoms with van der Waals surface area (Å²) in [7, 11) is 0. The summed E-state index contributed by atoms with van der Waals surface area (Å²) in [4.78, 5) is 42.0. The van der Waals surface area contributed by atoms with Gasteiger partial charge in [0.25, 0.3) is 5.91 Å². The van der Waals surface area contributed by atoms with Crippen molar-refractivity contribution in [3.05, 3.63) is 47.3 Å². The van der Waals surface area contributed by atoms with Crippen molar-refractivity contribution in [3.63, 3.8) is 0 Å². The van der Waals surface area contributed by atoms with Crippen molar-refractivity contribution in [3.8, 4) is 0 Å². The first-order valence-corrected chi connectivity index (χ1v) is 11.6. The molecule has 0 unspecified atom stereocenters. The Morgan fingerprint density at radius 2 is 2.16 bits per heavy atom. The van der Waals surface area contributed by atoms with Gasteiger partial charge in [-0.05, 0) is 50.0 Å². The number of alkyl carbamates (subject to hydrolysis) is 1. The second-order valence-corrected chi connectivity index (χ2v) is 10.1. The molecule has 1 fully saturated rings. The SMILES string of the molecule is CC(C)(C)OC(=O)N[C@@H]1C(=O)N2C(C(=O)O)=C(/C=C\Sc3ccc4nccn4n3)CS[C@@H]12. The molecule has 32 heavy (non-hydrogen) atoms. The van der Waals surface area contributed by atoms with E-state index in [0.717, 1.165) is 5.65 Å². The van der Waals surface area contributed by atoms with Gasteiger partial charge >= 0.3 is 12.1 Å². The number of allylic oxidation sites excluding steroid dienone is 1. The number of ether oxygens (including phenoxy) is 1. The van der Waals surface area contributed by atoms with Crippen LogP contribution < -0.4 is 5.32 Å². The van der Waals surface area contributed by atoms with Crippen molar-refractivity contribution in [1.82, 2.24) is 24.8 Å². The normalized spacial score (nSPS) is 21.0. The minimum atomic E-state index is -1.19. The van der Waals surface area contributed by atoms with E-state index in [-0.39, 0.29) is 5.70 Å². The minimum Gasteiger partial charge on any atom is -0.477 e. The van der Waals surface area contributed by atoms with Gasteiger partial charge in [-0.2, -0.15) is 5.10 Å². The van der Waals surface area contributed by atoms with Crippen LogP contribution in [0.3, 0.4) is 0 Å². The number of β-lactam (4-membered cyclic amide) rings is 1. The number of aliphatic carboxylic acids is 1. The smallest absolute Gasteiger partial charge is 0.408 e. The summed E-state index contributed by atoms with van der Waals surface area (Å²) in [5, 5.41) is 18.7. The van der Waals surface area contributed by atoms with E-state index in [1.807, 2.05) is 12.1 Å². The van der Waals surface area contributed by atoms with Crippen LogP contribution in [-0.4, -0.2) is 65.3 Å². The first kappa shape index (κ1) is 22.2. The molecule has 4 heterocycles. The lowest BCUT2D eigenvalue weighted by Crippen LogP contribution is -2.70. The molecule has 2 aromatic heterocycles. The quantitative estimate of drug-likeness (QED) is 0.495. The number of carboxylic acids is 1. The molecular weight excluding hydrogens is 454 g/mol. The van der Waals surface area contributed by atoms with Gasteiger partial charge in [-0.3, -0.25) is 9.69 Å². The Balaban J connectivity index is 1.47. The number of thioether (sulfide) groups is 2. The number of rotatable bonds is 5. The number of fused-ring (bicyclic) bond motifs is 2. The second-order valence-electron chi connectivity index (χ2n) is 8.03. The maximum atomic E-state index is 12.6. The number of nitrogens with one attached hydrogen (secondary N) is 1. The Morgan fingerprint density at radius 3 is 2.88 bits per heavy atom. The number of carbonyl (C=O) groups is 3. The first-order chi connectivity index (χ1) is 15.1. The van der Waals surface area contributed by atoms with Crippen molar-refractivity contribution in [2.45, 2.75) is 42.8 Å². The van der Waals surface area contributed by atoms with Crippen LogP contribution in [0.2, 0.25) is 0 Å². The summed E-state index contributed by atoms with van der Waals surface area (Å²) in [6.45, 7) is 5.17. The Morgan fingerprint density at radius 1 is 1.38 bits per heavy atom. The largest absolute Gasteiger partial charge is 0.477 e. The number of hydrogen-bond acceptors (Lipinski definition) is 8. The van der Waals surface area contributed by atoms with Crippen molar-refractivity contribution in [2.24, 2.45) is 0 Å². The van der Waals surface area contributed by atoms with Crippen LogP contribution in [0.5, 0.6) is 0 Å². The predicted molar refractivity (Wildman–Crippen MR) is 119 cm³/mol. The third-order valence-electron chi connectivity index (χ3n) is 4.56. The maximum absolute atomic E-state index is 12.6. The fourth-order valence-electron chi connectivity index (χ4n) is 3.25. The van der Waals surface area contributed by atoms with Crippen LogP contribution in [0.25, 0.3) is 5.65 Å². The molecule has 0 spiro atoms. The predicted octanol–water partition coefficient (Wildman–Crippen LogP) is 2.48. The molecular formula is C20H21N5O5S2. The van der Waals surface area contributed by atoms with Gasteiger partial charge in [-0.15, -0.1) is 11.8 Å². The van der Waals surface area contributed by atoms with Gasteiger partial charge in [-0.1, -0.05) is 11.8 Å². The molecule has 0 radical (unpaired) electrons. The van der Waals surface area contributed by atoms with E-state index in [1.165, 1.54) is 28.4 Å². The standard InChI is InChI=1S/C20H21N5O5S2/c1-20(2,3)30-19(29)22-14-16(26)25-15(18(27)28)11(10-32-17(14)25)6-9-31-13-5-4-12-21-7-8-24(12)23-13/h4-9,14,17H,10H2,1-3H3,(H,22,29)(H,27,28)/b9-6-/t14-,17+/m1/s1. The third-order valence-corrected chi connectivity index (χ3v) is 6.59. The van der Waals surface area contributed by atoms with E-state index in [2.05, 4.69) is 15.4 Å². The van der Waals surface area contributed by atoms with Crippen LogP contribution in [-0.2, 0) is 14.3 Å². The summed E-state index contributed by atoms with van der Waals surface area (Å²) in [5.74, 6) is -1.29. The summed E-state index contributed by atoms with van der Waals surface area (Å²) >= 11 is 2.72. The number of hydrogen-bond donors (Lipinski definition) is 2. The molecule has 0 aliphatic carbocycles. The van der Waals surface area contributed by atoms with Gasteiger partial charge in [0.2, 0.25) is 0 Å². The van der Waals surface area contributed by atoms with E-state index in [0.29, 0.717) is 16.4 Å². The zero-order valence-corrected chi connectivity index (χ0v) is 19.1. The topological polar surface area (TPSA) is 126 Å². The Labute approximate surface area is 192 Å². The lowest BCUT2D eigenvalue weighted by atomic mass is 10.0. The van der Waals surface area contributed by atoms with Crippen LogP contribution in [0.4, 0.5) is 4.79 Å². The molecule has 2 amide bonds. The van der Waals surface area contributed by atoms with Gasteiger partial charge in [0, 0.05) is 18.1 Å². The van der Waals surface area contributed by atoms with Gasteiger partial charge in [0.15, 0.2) is 5.65 Å².